The number of aliphatic carboxylic acids is 1. The van der Waals surface area contributed by atoms with Crippen LogP contribution in [0.15, 0.2) is 24.3 Å². The highest BCUT2D eigenvalue weighted by Gasteiger charge is 2.51. The molecule has 0 heterocycles. The highest BCUT2D eigenvalue weighted by molar-refractivity contribution is 5.90. The van der Waals surface area contributed by atoms with Gasteiger partial charge in [0.15, 0.2) is 6.10 Å². The number of carbonyl (C=O) groups is 2. The van der Waals surface area contributed by atoms with Gasteiger partial charge in [0.2, 0.25) is 0 Å². The Balaban J connectivity index is 2.95. The smallest absolute Gasteiger partial charge is 0.378 e. The van der Waals surface area contributed by atoms with Crippen molar-refractivity contribution in [3.63, 3.8) is 0 Å². The first-order valence-corrected chi connectivity index (χ1v) is 8.71. The lowest BCUT2D eigenvalue weighted by atomic mass is 9.79. The number of halogens is 2. The van der Waals surface area contributed by atoms with E-state index in [2.05, 4.69) is 0 Å². The number of ether oxygens (including phenoxy) is 2. The first kappa shape index (κ1) is 22.9. The number of rotatable bonds is 7. The molecule has 0 radical (unpaired) electrons. The van der Waals surface area contributed by atoms with Crippen molar-refractivity contribution in [2.24, 2.45) is 11.3 Å². The fourth-order valence-corrected chi connectivity index (χ4v) is 2.04. The van der Waals surface area contributed by atoms with E-state index in [1.807, 2.05) is 34.6 Å². The summed E-state index contributed by atoms with van der Waals surface area (Å²) in [5.74, 6) is -7.89. The van der Waals surface area contributed by atoms with E-state index in [0.717, 1.165) is 0 Å². The number of benzene rings is 1. The van der Waals surface area contributed by atoms with Gasteiger partial charge >= 0.3 is 17.9 Å². The Kier molecular flexibility index (Phi) is 6.62. The maximum atomic E-state index is 13.8. The minimum absolute atomic E-state index is 0.0303. The lowest BCUT2D eigenvalue weighted by Crippen LogP contribution is -2.47. The Morgan fingerprint density at radius 3 is 1.85 bits per heavy atom. The molecule has 1 aromatic carbocycles. The molecule has 0 amide bonds. The molecule has 1 rings (SSSR count). The van der Waals surface area contributed by atoms with Crippen molar-refractivity contribution >= 4 is 11.9 Å². The molecule has 0 aliphatic carbocycles. The Morgan fingerprint density at radius 2 is 1.48 bits per heavy atom. The second kappa shape index (κ2) is 7.82. The Morgan fingerprint density at radius 1 is 1.00 bits per heavy atom. The summed E-state index contributed by atoms with van der Waals surface area (Å²) in [7, 11) is 0. The first-order chi connectivity index (χ1) is 12.1. The van der Waals surface area contributed by atoms with Gasteiger partial charge in [-0.25, -0.2) is 9.59 Å². The second-order valence-corrected chi connectivity index (χ2v) is 8.38. The van der Waals surface area contributed by atoms with E-state index in [4.69, 9.17) is 14.6 Å². The zero-order chi connectivity index (χ0) is 21.2. The third-order valence-corrected chi connectivity index (χ3v) is 4.75. The van der Waals surface area contributed by atoms with Crippen LogP contribution in [-0.2, 0) is 9.53 Å². The highest BCUT2D eigenvalue weighted by atomic mass is 19.3. The van der Waals surface area contributed by atoms with Crippen LogP contribution >= 0.6 is 0 Å². The van der Waals surface area contributed by atoms with Crippen LogP contribution in [0.3, 0.4) is 0 Å². The van der Waals surface area contributed by atoms with Gasteiger partial charge in [0.25, 0.3) is 0 Å². The molecular weight excluding hydrogens is 358 g/mol. The van der Waals surface area contributed by atoms with Gasteiger partial charge in [-0.15, -0.1) is 0 Å². The zero-order valence-electron chi connectivity index (χ0n) is 16.8. The third-order valence-electron chi connectivity index (χ3n) is 4.75. The quantitative estimate of drug-likeness (QED) is 0.682. The van der Waals surface area contributed by atoms with Gasteiger partial charge in [-0.05, 0) is 44.0 Å². The largest absolute Gasteiger partial charge is 0.487 e. The molecule has 1 atom stereocenters. The Labute approximate surface area is 158 Å². The topological polar surface area (TPSA) is 72.8 Å². The van der Waals surface area contributed by atoms with Crippen molar-refractivity contribution in [2.45, 2.75) is 66.1 Å². The normalized spacial score (nSPS) is 14.0. The number of carboxylic acid groups (broad SMARTS) is 1. The van der Waals surface area contributed by atoms with Crippen LogP contribution in [0.5, 0.6) is 5.75 Å². The molecule has 0 bridgehead atoms. The lowest BCUT2D eigenvalue weighted by Gasteiger charge is -2.39. The predicted octanol–water partition coefficient (Wildman–Crippen LogP) is 4.79. The molecule has 0 aromatic heterocycles. The molecule has 1 unspecified atom stereocenters. The number of hydrogen-bond donors (Lipinski definition) is 1. The molecule has 0 aliphatic heterocycles. The standard InChI is InChI=1S/C20H28F2O5/c1-12(2)15(20(21,22)17(24)25)26-16(23)13-8-10-14(11-9-13)27-19(6,7)18(3,4)5/h8-12,15H,1-7H3,(H,24,25). The van der Waals surface area contributed by atoms with Crippen LogP contribution in [-0.4, -0.2) is 34.7 Å². The van der Waals surface area contributed by atoms with Crippen LogP contribution in [0, 0.1) is 11.3 Å². The van der Waals surface area contributed by atoms with Gasteiger partial charge in [-0.2, -0.15) is 8.78 Å². The van der Waals surface area contributed by atoms with E-state index >= 15 is 0 Å². The summed E-state index contributed by atoms with van der Waals surface area (Å²) >= 11 is 0. The summed E-state index contributed by atoms with van der Waals surface area (Å²) < 4.78 is 38.4. The van der Waals surface area contributed by atoms with Crippen LogP contribution in [0.1, 0.15) is 58.8 Å². The van der Waals surface area contributed by atoms with Crippen molar-refractivity contribution < 1.29 is 33.0 Å². The van der Waals surface area contributed by atoms with Gasteiger partial charge in [0.1, 0.15) is 11.4 Å². The molecule has 0 fully saturated rings. The summed E-state index contributed by atoms with van der Waals surface area (Å²) in [6.07, 6.45) is -2.07. The van der Waals surface area contributed by atoms with Crippen molar-refractivity contribution in [3.05, 3.63) is 29.8 Å². The minimum Gasteiger partial charge on any atom is -0.487 e. The van der Waals surface area contributed by atoms with Gasteiger partial charge in [-0.3, -0.25) is 0 Å². The molecule has 152 valence electrons. The number of alkyl halides is 2. The van der Waals surface area contributed by atoms with Crippen molar-refractivity contribution in [2.75, 3.05) is 0 Å². The van der Waals surface area contributed by atoms with E-state index in [1.165, 1.54) is 26.0 Å². The van der Waals surface area contributed by atoms with Gasteiger partial charge in [0.05, 0.1) is 5.56 Å². The minimum atomic E-state index is -4.18. The van der Waals surface area contributed by atoms with Crippen LogP contribution in [0.25, 0.3) is 0 Å². The van der Waals surface area contributed by atoms with Gasteiger partial charge < -0.3 is 14.6 Å². The number of carbonyl (C=O) groups excluding carboxylic acids is 1. The summed E-state index contributed by atoms with van der Waals surface area (Å²) in [6.45, 7) is 12.7. The van der Waals surface area contributed by atoms with Crippen molar-refractivity contribution in [1.82, 2.24) is 0 Å². The van der Waals surface area contributed by atoms with E-state index in [0.29, 0.717) is 5.75 Å². The predicted molar refractivity (Wildman–Crippen MR) is 97.2 cm³/mol. The number of carboxylic acids is 1. The van der Waals surface area contributed by atoms with E-state index < -0.39 is 35.5 Å². The lowest BCUT2D eigenvalue weighted by molar-refractivity contribution is -0.187. The van der Waals surface area contributed by atoms with Crippen LogP contribution in [0.2, 0.25) is 0 Å². The van der Waals surface area contributed by atoms with Crippen LogP contribution < -0.4 is 4.74 Å². The second-order valence-electron chi connectivity index (χ2n) is 8.38. The molecule has 0 saturated heterocycles. The third kappa shape index (κ3) is 5.40. The number of hydrogen-bond acceptors (Lipinski definition) is 4. The molecule has 27 heavy (non-hydrogen) atoms. The van der Waals surface area contributed by atoms with E-state index in [9.17, 15) is 18.4 Å². The Bertz CT molecular complexity index is 673. The molecule has 1 aromatic rings. The molecule has 0 saturated carbocycles. The van der Waals surface area contributed by atoms with Gasteiger partial charge in [-0.1, -0.05) is 34.6 Å². The maximum absolute atomic E-state index is 13.8. The van der Waals surface area contributed by atoms with E-state index in [1.54, 1.807) is 12.1 Å². The monoisotopic (exact) mass is 386 g/mol. The van der Waals surface area contributed by atoms with Crippen molar-refractivity contribution in [1.29, 1.82) is 0 Å². The highest BCUT2D eigenvalue weighted by Crippen LogP contribution is 2.34. The molecule has 7 heteroatoms. The van der Waals surface area contributed by atoms with Gasteiger partial charge in [0, 0.05) is 5.41 Å². The SMILES string of the molecule is CC(C)C(OC(=O)c1ccc(OC(C)(C)C(C)(C)C)cc1)C(F)(F)C(=O)O. The Hall–Kier alpha value is -2.18. The molecule has 0 spiro atoms. The zero-order valence-corrected chi connectivity index (χ0v) is 16.8. The maximum Gasteiger partial charge on any atom is 0.378 e. The van der Waals surface area contributed by atoms with Crippen molar-refractivity contribution in [3.8, 4) is 5.75 Å². The first-order valence-electron chi connectivity index (χ1n) is 8.71. The fraction of sp³-hybridized carbons (Fsp3) is 0.600. The summed E-state index contributed by atoms with van der Waals surface area (Å²) in [5.41, 5.74) is -0.596. The van der Waals surface area contributed by atoms with Crippen LogP contribution in [0.4, 0.5) is 8.78 Å². The average molecular weight is 386 g/mol. The molecule has 5 nitrogen and oxygen atoms in total. The number of esters is 1. The summed E-state index contributed by atoms with van der Waals surface area (Å²) in [6, 6.07) is 5.88. The fourth-order valence-electron chi connectivity index (χ4n) is 2.04. The molecule has 0 aliphatic rings. The molecular formula is C20H28F2O5. The van der Waals surface area contributed by atoms with E-state index in [-0.39, 0.29) is 11.0 Å². The molecule has 1 N–H and O–H groups in total. The summed E-state index contributed by atoms with van der Waals surface area (Å²) in [5, 5.41) is 8.70. The average Bonchev–Trinajstić information content (AvgIpc) is 2.50. The summed E-state index contributed by atoms with van der Waals surface area (Å²) in [4.78, 5) is 23.0.